The smallest absolute Gasteiger partial charge is 0.302 e. The zero-order valence-electron chi connectivity index (χ0n) is 13.3. The van der Waals surface area contributed by atoms with Crippen molar-refractivity contribution < 1.29 is 23.2 Å². The maximum absolute atomic E-state index is 12.1. The number of rotatable bonds is 6. The number of hydrogen-bond donors (Lipinski definition) is 2. The number of nitrogens with zero attached hydrogens (tertiary/aromatic N) is 1. The molecule has 1 aromatic carbocycles. The molecule has 0 fully saturated rings. The number of ether oxygens (including phenoxy) is 1. The summed E-state index contributed by atoms with van der Waals surface area (Å²) in [5.74, 6) is -0.126. The molecule has 0 atom stereocenters. The second-order valence-corrected chi connectivity index (χ2v) is 5.00. The summed E-state index contributed by atoms with van der Waals surface area (Å²) in [5.41, 5.74) is 0.931. The third kappa shape index (κ3) is 4.05. The summed E-state index contributed by atoms with van der Waals surface area (Å²) >= 11 is 0. The van der Waals surface area contributed by atoms with E-state index in [2.05, 4.69) is 15.6 Å². The normalized spacial score (nSPS) is 10.3. The van der Waals surface area contributed by atoms with E-state index in [0.29, 0.717) is 12.3 Å². The zero-order valence-corrected chi connectivity index (χ0v) is 13.3. The van der Waals surface area contributed by atoms with Crippen molar-refractivity contribution in [3.63, 3.8) is 0 Å². The first-order valence-electron chi connectivity index (χ1n) is 7.37. The number of aromatic nitrogens is 1. The molecule has 0 unspecified atom stereocenters. The van der Waals surface area contributed by atoms with E-state index in [-0.39, 0.29) is 17.5 Å². The lowest BCUT2D eigenvalue weighted by molar-refractivity contribution is 0.0944. The van der Waals surface area contributed by atoms with Crippen molar-refractivity contribution in [1.82, 2.24) is 10.3 Å². The molecule has 128 valence electrons. The van der Waals surface area contributed by atoms with Crippen LogP contribution in [0.5, 0.6) is 5.75 Å². The van der Waals surface area contributed by atoms with Crippen LogP contribution >= 0.6 is 0 Å². The molecule has 8 heteroatoms. The van der Waals surface area contributed by atoms with Crippen LogP contribution in [0.4, 0.5) is 6.01 Å². The fourth-order valence-electron chi connectivity index (χ4n) is 2.06. The second kappa shape index (κ2) is 7.35. The minimum absolute atomic E-state index is 0.0534. The molecule has 3 rings (SSSR count). The van der Waals surface area contributed by atoms with Crippen LogP contribution in [0.2, 0.25) is 0 Å². The molecule has 0 bridgehead atoms. The Morgan fingerprint density at radius 3 is 2.80 bits per heavy atom. The van der Waals surface area contributed by atoms with Gasteiger partial charge in [0.15, 0.2) is 11.5 Å². The van der Waals surface area contributed by atoms with Crippen molar-refractivity contribution in [1.29, 1.82) is 0 Å². The average Bonchev–Trinajstić information content (AvgIpc) is 3.31. The molecule has 0 aliphatic heterocycles. The molecule has 2 aromatic heterocycles. The van der Waals surface area contributed by atoms with Crippen molar-refractivity contribution in [2.45, 2.75) is 6.54 Å². The third-order valence-electron chi connectivity index (χ3n) is 3.29. The quantitative estimate of drug-likeness (QED) is 0.713. The standard InChI is InChI=1S/C17H15N3O5/c1-23-12-5-2-4-11(8-12)9-18-15(21)13-10-25-17(19-13)20-16(22)14-6-3-7-24-14/h2-8,10H,9H2,1H3,(H,18,21)(H,19,20,22). The molecule has 0 aliphatic carbocycles. The monoisotopic (exact) mass is 341 g/mol. The van der Waals surface area contributed by atoms with E-state index in [1.54, 1.807) is 13.2 Å². The van der Waals surface area contributed by atoms with E-state index in [0.717, 1.165) is 5.56 Å². The fourth-order valence-corrected chi connectivity index (χ4v) is 2.06. The van der Waals surface area contributed by atoms with Gasteiger partial charge in [-0.15, -0.1) is 0 Å². The Bertz CT molecular complexity index is 870. The number of furan rings is 1. The summed E-state index contributed by atoms with van der Waals surface area (Å²) in [4.78, 5) is 27.8. The second-order valence-electron chi connectivity index (χ2n) is 5.00. The highest BCUT2D eigenvalue weighted by Gasteiger charge is 2.16. The predicted octanol–water partition coefficient (Wildman–Crippen LogP) is 2.46. The van der Waals surface area contributed by atoms with Crippen LogP contribution in [0.25, 0.3) is 0 Å². The summed E-state index contributed by atoms with van der Waals surface area (Å²) in [5, 5.41) is 5.11. The van der Waals surface area contributed by atoms with Gasteiger partial charge < -0.3 is 18.9 Å². The van der Waals surface area contributed by atoms with Crippen LogP contribution in [-0.4, -0.2) is 23.9 Å². The number of oxazole rings is 1. The molecule has 0 aliphatic rings. The van der Waals surface area contributed by atoms with E-state index in [9.17, 15) is 9.59 Å². The van der Waals surface area contributed by atoms with Crippen molar-refractivity contribution in [2.75, 3.05) is 12.4 Å². The third-order valence-corrected chi connectivity index (χ3v) is 3.29. The fraction of sp³-hybridized carbons (Fsp3) is 0.118. The van der Waals surface area contributed by atoms with Crippen molar-refractivity contribution in [3.8, 4) is 5.75 Å². The van der Waals surface area contributed by atoms with E-state index >= 15 is 0 Å². The maximum atomic E-state index is 12.1. The number of amides is 2. The summed E-state index contributed by atoms with van der Waals surface area (Å²) in [7, 11) is 1.58. The predicted molar refractivity (Wildman–Crippen MR) is 87.3 cm³/mol. The summed E-state index contributed by atoms with van der Waals surface area (Å²) in [6, 6.07) is 10.3. The maximum Gasteiger partial charge on any atom is 0.302 e. The largest absolute Gasteiger partial charge is 0.497 e. The molecular weight excluding hydrogens is 326 g/mol. The lowest BCUT2D eigenvalue weighted by Gasteiger charge is -2.05. The minimum Gasteiger partial charge on any atom is -0.497 e. The number of carbonyl (C=O) groups excluding carboxylic acids is 2. The van der Waals surface area contributed by atoms with Crippen LogP contribution < -0.4 is 15.4 Å². The van der Waals surface area contributed by atoms with Crippen LogP contribution in [-0.2, 0) is 6.54 Å². The highest BCUT2D eigenvalue weighted by atomic mass is 16.5. The highest BCUT2D eigenvalue weighted by Crippen LogP contribution is 2.13. The van der Waals surface area contributed by atoms with E-state index in [1.165, 1.54) is 18.6 Å². The lowest BCUT2D eigenvalue weighted by Crippen LogP contribution is -2.23. The van der Waals surface area contributed by atoms with Gasteiger partial charge in [0.2, 0.25) is 0 Å². The first-order valence-corrected chi connectivity index (χ1v) is 7.37. The summed E-state index contributed by atoms with van der Waals surface area (Å²) in [6.45, 7) is 0.303. The molecule has 0 radical (unpaired) electrons. The molecule has 0 saturated heterocycles. The Kier molecular flexibility index (Phi) is 4.79. The molecule has 2 amide bonds. The van der Waals surface area contributed by atoms with Gasteiger partial charge in [-0.1, -0.05) is 12.1 Å². The Hall–Kier alpha value is -3.55. The Balaban J connectivity index is 1.57. The number of anilines is 1. The first kappa shape index (κ1) is 16.3. The van der Waals surface area contributed by atoms with Crippen molar-refractivity contribution in [2.24, 2.45) is 0 Å². The minimum atomic E-state index is -0.518. The lowest BCUT2D eigenvalue weighted by atomic mass is 10.2. The Morgan fingerprint density at radius 1 is 1.16 bits per heavy atom. The molecule has 0 saturated carbocycles. The molecule has 8 nitrogen and oxygen atoms in total. The first-order chi connectivity index (χ1) is 12.2. The van der Waals surface area contributed by atoms with Gasteiger partial charge in [-0.25, -0.2) is 0 Å². The van der Waals surface area contributed by atoms with Crippen LogP contribution in [0.3, 0.4) is 0 Å². The number of methoxy groups -OCH3 is 1. The van der Waals surface area contributed by atoms with Gasteiger partial charge in [0, 0.05) is 6.54 Å². The van der Waals surface area contributed by atoms with E-state index < -0.39 is 11.8 Å². The van der Waals surface area contributed by atoms with Gasteiger partial charge in [-0.3, -0.25) is 14.9 Å². The van der Waals surface area contributed by atoms with E-state index in [1.807, 2.05) is 24.3 Å². The molecular formula is C17H15N3O5. The molecule has 2 heterocycles. The molecule has 25 heavy (non-hydrogen) atoms. The van der Waals surface area contributed by atoms with Gasteiger partial charge in [0.25, 0.3) is 11.8 Å². The van der Waals surface area contributed by atoms with Gasteiger partial charge in [0.05, 0.1) is 13.4 Å². The van der Waals surface area contributed by atoms with Gasteiger partial charge in [-0.2, -0.15) is 4.98 Å². The number of hydrogen-bond acceptors (Lipinski definition) is 6. The molecule has 0 spiro atoms. The Morgan fingerprint density at radius 2 is 2.04 bits per heavy atom. The molecule has 3 aromatic rings. The topological polar surface area (TPSA) is 107 Å². The van der Waals surface area contributed by atoms with Crippen LogP contribution in [0.15, 0.2) is 57.8 Å². The van der Waals surface area contributed by atoms with Crippen molar-refractivity contribution in [3.05, 3.63) is 65.9 Å². The number of nitrogens with one attached hydrogen (secondary N) is 2. The van der Waals surface area contributed by atoms with E-state index in [4.69, 9.17) is 13.6 Å². The van der Waals surface area contributed by atoms with Crippen molar-refractivity contribution >= 4 is 17.8 Å². The summed E-state index contributed by atoms with van der Waals surface area (Å²) in [6.07, 6.45) is 2.54. The SMILES string of the molecule is COc1cccc(CNC(=O)c2coc(NC(=O)c3ccco3)n2)c1. The zero-order chi connectivity index (χ0) is 17.6. The highest BCUT2D eigenvalue weighted by molar-refractivity contribution is 6.01. The van der Waals surface area contributed by atoms with Crippen LogP contribution in [0.1, 0.15) is 26.6 Å². The van der Waals surface area contributed by atoms with Gasteiger partial charge in [0.1, 0.15) is 12.0 Å². The van der Waals surface area contributed by atoms with Crippen LogP contribution in [0, 0.1) is 0 Å². The number of carbonyl (C=O) groups is 2. The Labute approximate surface area is 142 Å². The summed E-state index contributed by atoms with van der Waals surface area (Å²) < 4.78 is 15.2. The molecule has 2 N–H and O–H groups in total. The number of benzene rings is 1. The van der Waals surface area contributed by atoms with Gasteiger partial charge in [-0.05, 0) is 29.8 Å². The van der Waals surface area contributed by atoms with Gasteiger partial charge >= 0.3 is 6.01 Å². The average molecular weight is 341 g/mol.